The molecule has 2 aliphatic heterocycles. The van der Waals surface area contributed by atoms with Crippen molar-refractivity contribution in [1.29, 1.82) is 0 Å². The standard InChI is InChI=1S/C34H38N6O6/c1-22(2)46-30-17-31(35-18-25(30)9-8-23-13-27(44-4)16-28(14-23)45-5)37-34(43)40-10-6-7-24-15-26(29(21-41)36-33(24)40)19-39-12-11-38(3)20-32(39)42/h13-18,21-22H,6-7,10-12,19-20H2,1-5H3,(H,35,37,43). The first-order chi connectivity index (χ1) is 22.2. The van der Waals surface area contributed by atoms with Crippen molar-refractivity contribution in [2.24, 2.45) is 0 Å². The summed E-state index contributed by atoms with van der Waals surface area (Å²) in [6.07, 6.45) is 3.49. The van der Waals surface area contributed by atoms with Crippen LogP contribution in [0.4, 0.5) is 16.4 Å². The van der Waals surface area contributed by atoms with Gasteiger partial charge in [0.1, 0.15) is 34.6 Å². The van der Waals surface area contributed by atoms with Gasteiger partial charge in [-0.1, -0.05) is 11.8 Å². The maximum Gasteiger partial charge on any atom is 0.328 e. The number of hydrogen-bond donors (Lipinski definition) is 1. The van der Waals surface area contributed by atoms with Gasteiger partial charge in [-0.2, -0.15) is 0 Å². The summed E-state index contributed by atoms with van der Waals surface area (Å²) < 4.78 is 16.7. The van der Waals surface area contributed by atoms with Crippen LogP contribution in [0.5, 0.6) is 17.2 Å². The number of aldehydes is 1. The number of likely N-dealkylation sites (N-methyl/N-ethyl adjacent to an activating group) is 1. The largest absolute Gasteiger partial charge is 0.497 e. The molecule has 0 saturated carbocycles. The Balaban J connectivity index is 1.37. The number of methoxy groups -OCH3 is 2. The number of rotatable bonds is 8. The van der Waals surface area contributed by atoms with E-state index < -0.39 is 6.03 Å². The Bertz CT molecular complexity index is 1680. The Morgan fingerprint density at radius 3 is 2.50 bits per heavy atom. The van der Waals surface area contributed by atoms with Gasteiger partial charge in [0.15, 0.2) is 6.29 Å². The van der Waals surface area contributed by atoms with Crippen LogP contribution in [0.2, 0.25) is 0 Å². The Morgan fingerprint density at radius 1 is 1.07 bits per heavy atom. The van der Waals surface area contributed by atoms with E-state index in [2.05, 4.69) is 27.1 Å². The monoisotopic (exact) mass is 626 g/mol. The number of carbonyl (C=O) groups excluding carboxylic acids is 3. The second-order valence-electron chi connectivity index (χ2n) is 11.5. The highest BCUT2D eigenvalue weighted by molar-refractivity contribution is 6.01. The molecule has 0 spiro atoms. The van der Waals surface area contributed by atoms with Crippen molar-refractivity contribution in [2.45, 2.75) is 39.3 Å². The van der Waals surface area contributed by atoms with Crippen LogP contribution in [-0.4, -0.2) is 91.5 Å². The van der Waals surface area contributed by atoms with E-state index in [-0.39, 0.29) is 23.5 Å². The van der Waals surface area contributed by atoms with Gasteiger partial charge in [-0.05, 0) is 57.5 Å². The van der Waals surface area contributed by atoms with Crippen LogP contribution in [0.15, 0.2) is 36.5 Å². The van der Waals surface area contributed by atoms with Crippen molar-refractivity contribution in [2.75, 3.05) is 57.7 Å². The highest BCUT2D eigenvalue weighted by atomic mass is 16.5. The van der Waals surface area contributed by atoms with Gasteiger partial charge in [0.2, 0.25) is 5.91 Å². The first-order valence-corrected chi connectivity index (χ1v) is 15.1. The van der Waals surface area contributed by atoms with Crippen molar-refractivity contribution < 1.29 is 28.6 Å². The van der Waals surface area contributed by atoms with E-state index >= 15 is 0 Å². The number of nitrogens with zero attached hydrogens (tertiary/aromatic N) is 5. The van der Waals surface area contributed by atoms with Gasteiger partial charge < -0.3 is 19.1 Å². The molecule has 1 fully saturated rings. The van der Waals surface area contributed by atoms with E-state index in [0.29, 0.717) is 85.1 Å². The molecule has 12 nitrogen and oxygen atoms in total. The summed E-state index contributed by atoms with van der Waals surface area (Å²) in [7, 11) is 5.06. The predicted octanol–water partition coefficient (Wildman–Crippen LogP) is 3.75. The van der Waals surface area contributed by atoms with Crippen LogP contribution < -0.4 is 24.4 Å². The maximum absolute atomic E-state index is 13.6. The van der Waals surface area contributed by atoms with Crippen molar-refractivity contribution in [1.82, 2.24) is 19.8 Å². The van der Waals surface area contributed by atoms with Crippen molar-refractivity contribution in [3.63, 3.8) is 0 Å². The second kappa shape index (κ2) is 14.3. The van der Waals surface area contributed by atoms with E-state index in [4.69, 9.17) is 14.2 Å². The Kier molecular flexibility index (Phi) is 10.0. The lowest BCUT2D eigenvalue weighted by Gasteiger charge is -2.33. The van der Waals surface area contributed by atoms with Crippen LogP contribution in [0.1, 0.15) is 53.0 Å². The zero-order valence-electron chi connectivity index (χ0n) is 26.8. The summed E-state index contributed by atoms with van der Waals surface area (Å²) in [6.45, 7) is 6.20. The fourth-order valence-corrected chi connectivity index (χ4v) is 5.33. The molecule has 2 aromatic heterocycles. The minimum absolute atomic E-state index is 0.00941. The molecule has 0 aliphatic carbocycles. The van der Waals surface area contributed by atoms with Gasteiger partial charge in [-0.25, -0.2) is 14.8 Å². The Labute approximate surface area is 268 Å². The topological polar surface area (TPSA) is 126 Å². The highest BCUT2D eigenvalue weighted by Gasteiger charge is 2.28. The molecule has 2 aliphatic rings. The van der Waals surface area contributed by atoms with E-state index in [1.54, 1.807) is 49.6 Å². The number of nitrogens with one attached hydrogen (secondary N) is 1. The van der Waals surface area contributed by atoms with Gasteiger partial charge in [0.25, 0.3) is 0 Å². The molecule has 3 aromatic rings. The van der Waals surface area contributed by atoms with Crippen molar-refractivity contribution >= 4 is 29.9 Å². The number of urea groups is 1. The Hall–Kier alpha value is -5.15. The first kappa shape index (κ1) is 32.2. The quantitative estimate of drug-likeness (QED) is 0.294. The van der Waals surface area contributed by atoms with Crippen molar-refractivity contribution in [3.8, 4) is 29.1 Å². The summed E-state index contributed by atoms with van der Waals surface area (Å²) in [6, 6.07) is 8.47. The molecule has 0 radical (unpaired) electrons. The van der Waals surface area contributed by atoms with Gasteiger partial charge in [-0.3, -0.25) is 24.7 Å². The molecule has 240 valence electrons. The third-order valence-electron chi connectivity index (χ3n) is 7.66. The van der Waals surface area contributed by atoms with E-state index in [1.807, 2.05) is 31.9 Å². The first-order valence-electron chi connectivity index (χ1n) is 15.1. The molecular weight excluding hydrogens is 588 g/mol. The smallest absolute Gasteiger partial charge is 0.328 e. The Morgan fingerprint density at radius 2 is 1.83 bits per heavy atom. The minimum atomic E-state index is -0.433. The molecule has 0 atom stereocenters. The SMILES string of the molecule is COc1cc(C#Cc2cnc(NC(=O)N3CCCc4cc(CN5CCN(C)CC5=O)c(C=O)nc43)cc2OC(C)C)cc(OC)c1. The number of anilines is 2. The number of aryl methyl sites for hydroxylation is 1. The number of ether oxygens (including phenoxy) is 3. The molecule has 12 heteroatoms. The number of aromatic nitrogens is 2. The van der Waals surface area contributed by atoms with E-state index in [9.17, 15) is 14.4 Å². The van der Waals surface area contributed by atoms with Gasteiger partial charge >= 0.3 is 6.03 Å². The maximum atomic E-state index is 13.6. The van der Waals surface area contributed by atoms with Crippen LogP contribution in [0, 0.1) is 11.8 Å². The molecule has 4 heterocycles. The average Bonchev–Trinajstić information content (AvgIpc) is 3.04. The summed E-state index contributed by atoms with van der Waals surface area (Å²) in [5.74, 6) is 8.63. The fraction of sp³-hybridized carbons (Fsp3) is 0.382. The number of fused-ring (bicyclic) bond motifs is 1. The molecular formula is C34H38N6O6. The summed E-state index contributed by atoms with van der Waals surface area (Å²) >= 11 is 0. The van der Waals surface area contributed by atoms with E-state index in [0.717, 1.165) is 12.1 Å². The third-order valence-corrected chi connectivity index (χ3v) is 7.66. The van der Waals surface area contributed by atoms with E-state index in [1.165, 1.54) is 4.90 Å². The van der Waals surface area contributed by atoms with Crippen LogP contribution in [0.3, 0.4) is 0 Å². The van der Waals surface area contributed by atoms with Crippen LogP contribution >= 0.6 is 0 Å². The number of amides is 3. The third kappa shape index (κ3) is 7.55. The van der Waals surface area contributed by atoms with Gasteiger partial charge in [-0.15, -0.1) is 0 Å². The molecule has 0 unspecified atom stereocenters. The van der Waals surface area contributed by atoms with Crippen LogP contribution in [-0.2, 0) is 17.8 Å². The summed E-state index contributed by atoms with van der Waals surface area (Å²) in [5, 5.41) is 2.85. The highest BCUT2D eigenvalue weighted by Crippen LogP contribution is 2.29. The zero-order chi connectivity index (χ0) is 32.8. The second-order valence-corrected chi connectivity index (χ2v) is 11.5. The molecule has 46 heavy (non-hydrogen) atoms. The minimum Gasteiger partial charge on any atom is -0.497 e. The lowest BCUT2D eigenvalue weighted by molar-refractivity contribution is -0.136. The number of piperazine rings is 1. The number of carbonyl (C=O) groups is 3. The zero-order valence-corrected chi connectivity index (χ0v) is 26.8. The average molecular weight is 627 g/mol. The van der Waals surface area contributed by atoms with Crippen LogP contribution in [0.25, 0.3) is 0 Å². The molecule has 1 aromatic carbocycles. The molecule has 5 rings (SSSR count). The molecule has 1 N–H and O–H groups in total. The fourth-order valence-electron chi connectivity index (χ4n) is 5.33. The summed E-state index contributed by atoms with van der Waals surface area (Å²) in [5.41, 5.74) is 2.97. The molecule has 1 saturated heterocycles. The normalized spacial score (nSPS) is 14.7. The molecule has 3 amide bonds. The lowest BCUT2D eigenvalue weighted by atomic mass is 10.0. The lowest BCUT2D eigenvalue weighted by Crippen LogP contribution is -2.48. The molecule has 0 bridgehead atoms. The number of hydrogen-bond acceptors (Lipinski definition) is 9. The van der Waals surface area contributed by atoms with Crippen molar-refractivity contribution in [3.05, 3.63) is 64.5 Å². The predicted molar refractivity (Wildman–Crippen MR) is 173 cm³/mol. The van der Waals surface area contributed by atoms with Gasteiger partial charge in [0.05, 0.1) is 32.4 Å². The summed E-state index contributed by atoms with van der Waals surface area (Å²) in [4.78, 5) is 52.4. The van der Waals surface area contributed by atoms with Gasteiger partial charge in [0, 0.05) is 55.6 Å². The number of benzene rings is 1. The number of pyridine rings is 2.